The lowest BCUT2D eigenvalue weighted by Gasteiger charge is -2.27. The first-order chi connectivity index (χ1) is 8.31. The van der Waals surface area contributed by atoms with E-state index in [4.69, 9.17) is 0 Å². The molecule has 1 aliphatic heterocycles. The van der Waals surface area contributed by atoms with Crippen molar-refractivity contribution >= 4 is 11.7 Å². The third-order valence-electron chi connectivity index (χ3n) is 2.91. The van der Waals surface area contributed by atoms with Crippen LogP contribution in [0.2, 0.25) is 0 Å². The van der Waals surface area contributed by atoms with E-state index >= 15 is 0 Å². The molecule has 1 fully saturated rings. The van der Waals surface area contributed by atoms with Gasteiger partial charge in [-0.2, -0.15) is 0 Å². The van der Waals surface area contributed by atoms with E-state index in [1.54, 1.807) is 4.90 Å². The molecule has 0 atom stereocenters. The van der Waals surface area contributed by atoms with Crippen LogP contribution in [0.3, 0.4) is 0 Å². The molecule has 0 bridgehead atoms. The molecule has 0 spiro atoms. The Morgan fingerprint density at radius 2 is 2.12 bits per heavy atom. The van der Waals surface area contributed by atoms with E-state index in [2.05, 4.69) is 29.7 Å². The standard InChI is InChI=1S/C13H19N3O/c1-2-14-10-11-4-6-12(7-5-11)16-9-3-8-15-13(16)17/h4-7,14H,2-3,8-10H2,1H3,(H,15,17). The lowest BCUT2D eigenvalue weighted by molar-refractivity contribution is 0.243. The molecule has 1 aliphatic rings. The number of hydrogen-bond acceptors (Lipinski definition) is 2. The first-order valence-electron chi connectivity index (χ1n) is 6.16. The van der Waals surface area contributed by atoms with Crippen molar-refractivity contribution in [1.29, 1.82) is 0 Å². The first-order valence-corrected chi connectivity index (χ1v) is 6.16. The Morgan fingerprint density at radius 1 is 1.35 bits per heavy atom. The van der Waals surface area contributed by atoms with Crippen LogP contribution in [0.1, 0.15) is 18.9 Å². The summed E-state index contributed by atoms with van der Waals surface area (Å²) in [6.07, 6.45) is 1.00. The molecular weight excluding hydrogens is 214 g/mol. The fourth-order valence-corrected chi connectivity index (χ4v) is 1.94. The van der Waals surface area contributed by atoms with Gasteiger partial charge in [0.05, 0.1) is 0 Å². The third-order valence-corrected chi connectivity index (χ3v) is 2.91. The highest BCUT2D eigenvalue weighted by molar-refractivity contribution is 5.92. The van der Waals surface area contributed by atoms with Gasteiger partial charge in [-0.25, -0.2) is 4.79 Å². The number of urea groups is 1. The van der Waals surface area contributed by atoms with Crippen LogP contribution in [-0.4, -0.2) is 25.7 Å². The van der Waals surface area contributed by atoms with E-state index in [1.807, 2.05) is 12.1 Å². The molecule has 1 saturated heterocycles. The quantitative estimate of drug-likeness (QED) is 0.831. The Kier molecular flexibility index (Phi) is 3.98. The number of rotatable bonds is 4. The number of carbonyl (C=O) groups excluding carboxylic acids is 1. The van der Waals surface area contributed by atoms with Gasteiger partial charge in [0.25, 0.3) is 0 Å². The largest absolute Gasteiger partial charge is 0.338 e. The van der Waals surface area contributed by atoms with Crippen molar-refractivity contribution in [1.82, 2.24) is 10.6 Å². The van der Waals surface area contributed by atoms with Crippen molar-refractivity contribution in [2.45, 2.75) is 19.9 Å². The van der Waals surface area contributed by atoms with Crippen LogP contribution in [0.5, 0.6) is 0 Å². The van der Waals surface area contributed by atoms with Gasteiger partial charge < -0.3 is 10.6 Å². The molecule has 2 rings (SSSR count). The van der Waals surface area contributed by atoms with E-state index in [0.29, 0.717) is 0 Å². The lowest BCUT2D eigenvalue weighted by Crippen LogP contribution is -2.46. The predicted octanol–water partition coefficient (Wildman–Crippen LogP) is 1.72. The minimum Gasteiger partial charge on any atom is -0.338 e. The molecule has 0 radical (unpaired) electrons. The molecule has 1 aromatic rings. The molecule has 17 heavy (non-hydrogen) atoms. The van der Waals surface area contributed by atoms with Gasteiger partial charge in [0.15, 0.2) is 0 Å². The van der Waals surface area contributed by atoms with Crippen LogP contribution in [0.25, 0.3) is 0 Å². The number of amides is 2. The van der Waals surface area contributed by atoms with Crippen molar-refractivity contribution in [2.75, 3.05) is 24.5 Å². The summed E-state index contributed by atoms with van der Waals surface area (Å²) < 4.78 is 0. The van der Waals surface area contributed by atoms with Crippen LogP contribution in [-0.2, 0) is 6.54 Å². The topological polar surface area (TPSA) is 44.4 Å². The zero-order valence-electron chi connectivity index (χ0n) is 10.2. The molecule has 0 aromatic heterocycles. The second kappa shape index (κ2) is 5.68. The highest BCUT2D eigenvalue weighted by atomic mass is 16.2. The van der Waals surface area contributed by atoms with Crippen molar-refractivity contribution in [3.05, 3.63) is 29.8 Å². The predicted molar refractivity (Wildman–Crippen MR) is 69.2 cm³/mol. The molecule has 1 aromatic carbocycles. The maximum absolute atomic E-state index is 11.7. The van der Waals surface area contributed by atoms with E-state index in [9.17, 15) is 4.79 Å². The number of nitrogens with zero attached hydrogens (tertiary/aromatic N) is 1. The maximum atomic E-state index is 11.7. The van der Waals surface area contributed by atoms with E-state index in [1.165, 1.54) is 5.56 Å². The molecular formula is C13H19N3O. The van der Waals surface area contributed by atoms with E-state index in [0.717, 1.165) is 38.3 Å². The summed E-state index contributed by atoms with van der Waals surface area (Å²) in [5.74, 6) is 0. The summed E-state index contributed by atoms with van der Waals surface area (Å²) in [7, 11) is 0. The number of hydrogen-bond donors (Lipinski definition) is 2. The van der Waals surface area contributed by atoms with Crippen LogP contribution in [0.4, 0.5) is 10.5 Å². The first kappa shape index (κ1) is 11.9. The molecule has 1 heterocycles. The number of carbonyl (C=O) groups is 1. The summed E-state index contributed by atoms with van der Waals surface area (Å²) in [6.45, 7) is 5.53. The van der Waals surface area contributed by atoms with Crippen molar-refractivity contribution in [3.8, 4) is 0 Å². The Labute approximate surface area is 102 Å². The van der Waals surface area contributed by atoms with Gasteiger partial charge in [0, 0.05) is 25.3 Å². The second-order valence-electron chi connectivity index (χ2n) is 4.18. The summed E-state index contributed by atoms with van der Waals surface area (Å²) in [5.41, 5.74) is 2.22. The number of anilines is 1. The Hall–Kier alpha value is -1.55. The Bertz CT molecular complexity index is 375. The Balaban J connectivity index is 2.03. The summed E-state index contributed by atoms with van der Waals surface area (Å²) in [4.78, 5) is 13.4. The van der Waals surface area contributed by atoms with Crippen LogP contribution < -0.4 is 15.5 Å². The zero-order chi connectivity index (χ0) is 12.1. The Morgan fingerprint density at radius 3 is 2.76 bits per heavy atom. The highest BCUT2D eigenvalue weighted by Gasteiger charge is 2.18. The van der Waals surface area contributed by atoms with E-state index < -0.39 is 0 Å². The average Bonchev–Trinajstić information content (AvgIpc) is 2.38. The van der Waals surface area contributed by atoms with E-state index in [-0.39, 0.29) is 6.03 Å². The van der Waals surface area contributed by atoms with Gasteiger partial charge in [0.2, 0.25) is 0 Å². The fourth-order valence-electron chi connectivity index (χ4n) is 1.94. The third kappa shape index (κ3) is 2.97. The monoisotopic (exact) mass is 233 g/mol. The molecule has 2 amide bonds. The van der Waals surface area contributed by atoms with Crippen molar-refractivity contribution in [3.63, 3.8) is 0 Å². The van der Waals surface area contributed by atoms with Gasteiger partial charge in [-0.05, 0) is 30.7 Å². The lowest BCUT2D eigenvalue weighted by atomic mass is 10.2. The highest BCUT2D eigenvalue weighted by Crippen LogP contribution is 2.17. The van der Waals surface area contributed by atoms with Crippen molar-refractivity contribution < 1.29 is 4.79 Å². The summed E-state index contributed by atoms with van der Waals surface area (Å²) >= 11 is 0. The van der Waals surface area contributed by atoms with Gasteiger partial charge in [-0.1, -0.05) is 19.1 Å². The molecule has 4 heteroatoms. The number of nitrogens with one attached hydrogen (secondary N) is 2. The average molecular weight is 233 g/mol. The molecule has 2 N–H and O–H groups in total. The van der Waals surface area contributed by atoms with Crippen LogP contribution >= 0.6 is 0 Å². The second-order valence-corrected chi connectivity index (χ2v) is 4.18. The minimum absolute atomic E-state index is 0.00989. The van der Waals surface area contributed by atoms with Crippen molar-refractivity contribution in [2.24, 2.45) is 0 Å². The fraction of sp³-hybridized carbons (Fsp3) is 0.462. The SMILES string of the molecule is CCNCc1ccc(N2CCCNC2=O)cc1. The molecule has 4 nitrogen and oxygen atoms in total. The summed E-state index contributed by atoms with van der Waals surface area (Å²) in [6, 6.07) is 8.17. The minimum atomic E-state index is 0.00989. The van der Waals surface area contributed by atoms with Gasteiger partial charge in [-0.15, -0.1) is 0 Å². The van der Waals surface area contributed by atoms with Gasteiger partial charge >= 0.3 is 6.03 Å². The van der Waals surface area contributed by atoms with Gasteiger partial charge in [0.1, 0.15) is 0 Å². The normalized spacial score (nSPS) is 15.8. The molecule has 0 unspecified atom stereocenters. The molecule has 92 valence electrons. The zero-order valence-corrected chi connectivity index (χ0v) is 10.2. The number of benzene rings is 1. The maximum Gasteiger partial charge on any atom is 0.321 e. The summed E-state index contributed by atoms with van der Waals surface area (Å²) in [5, 5.41) is 6.13. The molecule has 0 saturated carbocycles. The van der Waals surface area contributed by atoms with Crippen LogP contribution in [0.15, 0.2) is 24.3 Å². The van der Waals surface area contributed by atoms with Gasteiger partial charge in [-0.3, -0.25) is 4.90 Å². The van der Waals surface area contributed by atoms with Crippen LogP contribution in [0, 0.1) is 0 Å². The smallest absolute Gasteiger partial charge is 0.321 e. The molecule has 0 aliphatic carbocycles.